The van der Waals surface area contributed by atoms with E-state index in [0.29, 0.717) is 45.7 Å². The van der Waals surface area contributed by atoms with Crippen molar-refractivity contribution in [1.82, 2.24) is 19.7 Å². The van der Waals surface area contributed by atoms with E-state index in [9.17, 15) is 13.2 Å². The van der Waals surface area contributed by atoms with E-state index in [0.717, 1.165) is 10.2 Å². The van der Waals surface area contributed by atoms with Gasteiger partial charge >= 0.3 is 6.18 Å². The number of alkyl halides is 3. The smallest absolute Gasteiger partial charge is 0.403 e. The van der Waals surface area contributed by atoms with E-state index < -0.39 is 17.5 Å². The number of imidazole rings is 1. The molecule has 1 fully saturated rings. The maximum absolute atomic E-state index is 13.8. The number of nitrogens with zero attached hydrogens (tertiary/aromatic N) is 4. The standard InChI is InChI=1S/C24H18BrCl2F3N4O/c1-2-18-19(21-32-33-22(35-21)23(10-3-11-23)24(28,29)30)31-20(16-9-6-14(26)12-17(16)27)34(18)15-7-4-13(25)5-8-15/h4-9,12H,2-3,10-11H2,1H3. The molecule has 1 saturated carbocycles. The Hall–Kier alpha value is -2.36. The van der Waals surface area contributed by atoms with Crippen LogP contribution in [-0.2, 0) is 11.8 Å². The predicted molar refractivity (Wildman–Crippen MR) is 131 cm³/mol. The lowest BCUT2D eigenvalue weighted by molar-refractivity contribution is -0.219. The summed E-state index contributed by atoms with van der Waals surface area (Å²) in [7, 11) is 0. The van der Waals surface area contributed by atoms with Crippen LogP contribution in [0.4, 0.5) is 13.2 Å². The number of rotatable bonds is 5. The lowest BCUT2D eigenvalue weighted by Gasteiger charge is -2.39. The maximum atomic E-state index is 13.8. The van der Waals surface area contributed by atoms with Gasteiger partial charge in [0.05, 0.1) is 10.7 Å². The molecule has 0 spiro atoms. The van der Waals surface area contributed by atoms with E-state index in [4.69, 9.17) is 32.6 Å². The summed E-state index contributed by atoms with van der Waals surface area (Å²) >= 11 is 16.1. The second-order valence-corrected chi connectivity index (χ2v) is 10.1. The number of hydrogen-bond donors (Lipinski definition) is 0. The zero-order valence-corrected chi connectivity index (χ0v) is 21.4. The minimum atomic E-state index is -4.47. The molecule has 0 atom stereocenters. The molecule has 2 aromatic carbocycles. The highest BCUT2D eigenvalue weighted by atomic mass is 79.9. The summed E-state index contributed by atoms with van der Waals surface area (Å²) in [6.07, 6.45) is -3.67. The molecule has 2 heterocycles. The van der Waals surface area contributed by atoms with Gasteiger partial charge in [0.2, 0.25) is 5.89 Å². The fourth-order valence-electron chi connectivity index (χ4n) is 4.33. The van der Waals surface area contributed by atoms with Crippen LogP contribution in [0.1, 0.15) is 37.8 Å². The lowest BCUT2D eigenvalue weighted by atomic mass is 9.68. The summed E-state index contributed by atoms with van der Waals surface area (Å²) in [5.41, 5.74) is 0.298. The fraction of sp³-hybridized carbons (Fsp3) is 0.292. The van der Waals surface area contributed by atoms with Gasteiger partial charge in [-0.1, -0.05) is 52.5 Å². The van der Waals surface area contributed by atoms with E-state index in [-0.39, 0.29) is 18.7 Å². The van der Waals surface area contributed by atoms with Gasteiger partial charge in [-0.15, -0.1) is 10.2 Å². The molecule has 5 rings (SSSR count). The highest BCUT2D eigenvalue weighted by Crippen LogP contribution is 2.54. The Bertz CT molecular complexity index is 1400. The molecule has 1 aliphatic carbocycles. The molecule has 0 amide bonds. The van der Waals surface area contributed by atoms with Crippen molar-refractivity contribution in [2.24, 2.45) is 0 Å². The van der Waals surface area contributed by atoms with Gasteiger partial charge in [0.1, 0.15) is 16.9 Å². The third kappa shape index (κ3) is 4.07. The Morgan fingerprint density at radius 1 is 1.09 bits per heavy atom. The lowest BCUT2D eigenvalue weighted by Crippen LogP contribution is -2.48. The summed E-state index contributed by atoms with van der Waals surface area (Å²) in [4.78, 5) is 4.76. The van der Waals surface area contributed by atoms with Crippen molar-refractivity contribution in [3.63, 3.8) is 0 Å². The van der Waals surface area contributed by atoms with Crippen LogP contribution in [0.3, 0.4) is 0 Å². The summed E-state index contributed by atoms with van der Waals surface area (Å²) < 4.78 is 50.0. The number of aromatic nitrogens is 4. The molecule has 0 unspecified atom stereocenters. The van der Waals surface area contributed by atoms with Crippen molar-refractivity contribution in [3.8, 4) is 28.7 Å². The summed E-state index contributed by atoms with van der Waals surface area (Å²) in [5, 5.41) is 8.66. The number of halogens is 6. The second kappa shape index (κ2) is 8.94. The topological polar surface area (TPSA) is 56.7 Å². The highest BCUT2D eigenvalue weighted by Gasteiger charge is 2.63. The molecule has 5 nitrogen and oxygen atoms in total. The van der Waals surface area contributed by atoms with Crippen molar-refractivity contribution >= 4 is 39.1 Å². The van der Waals surface area contributed by atoms with Crippen molar-refractivity contribution in [1.29, 1.82) is 0 Å². The van der Waals surface area contributed by atoms with Crippen molar-refractivity contribution in [2.75, 3.05) is 0 Å². The van der Waals surface area contributed by atoms with E-state index in [1.54, 1.807) is 18.2 Å². The molecule has 182 valence electrons. The third-order valence-electron chi connectivity index (χ3n) is 6.35. The molecule has 35 heavy (non-hydrogen) atoms. The molecular formula is C24H18BrCl2F3N4O. The van der Waals surface area contributed by atoms with Gasteiger partial charge in [0.15, 0.2) is 0 Å². The van der Waals surface area contributed by atoms with Crippen LogP contribution in [0.5, 0.6) is 0 Å². The Morgan fingerprint density at radius 2 is 1.80 bits per heavy atom. The molecule has 0 N–H and O–H groups in total. The first kappa shape index (κ1) is 24.3. The Balaban J connectivity index is 1.71. The van der Waals surface area contributed by atoms with Gasteiger partial charge in [-0.3, -0.25) is 4.57 Å². The molecule has 0 aliphatic heterocycles. The zero-order chi connectivity index (χ0) is 25.0. The average Bonchev–Trinajstić information content (AvgIpc) is 3.37. The number of hydrogen-bond acceptors (Lipinski definition) is 4. The van der Waals surface area contributed by atoms with Crippen LogP contribution in [0.2, 0.25) is 10.0 Å². The first-order valence-corrected chi connectivity index (χ1v) is 12.4. The molecule has 11 heteroatoms. The van der Waals surface area contributed by atoms with E-state index in [1.807, 2.05) is 35.8 Å². The first-order chi connectivity index (χ1) is 16.6. The SMILES string of the molecule is CCc1c(-c2nnc(C3(C(F)(F)F)CCC3)o2)nc(-c2ccc(Cl)cc2Cl)n1-c1ccc(Br)cc1. The molecule has 2 aromatic heterocycles. The fourth-order valence-corrected chi connectivity index (χ4v) is 5.09. The molecular weight excluding hydrogens is 568 g/mol. The minimum absolute atomic E-state index is 0.0606. The van der Waals surface area contributed by atoms with Crippen LogP contribution in [0, 0.1) is 0 Å². The average molecular weight is 586 g/mol. The maximum Gasteiger partial charge on any atom is 0.403 e. The van der Waals surface area contributed by atoms with Crippen LogP contribution in [-0.4, -0.2) is 25.9 Å². The van der Waals surface area contributed by atoms with E-state index in [1.165, 1.54) is 0 Å². The van der Waals surface area contributed by atoms with Gasteiger partial charge in [-0.05, 0) is 61.7 Å². The van der Waals surface area contributed by atoms with Gasteiger partial charge < -0.3 is 4.42 Å². The highest BCUT2D eigenvalue weighted by molar-refractivity contribution is 9.10. The van der Waals surface area contributed by atoms with Crippen LogP contribution < -0.4 is 0 Å². The summed E-state index contributed by atoms with van der Waals surface area (Å²) in [6, 6.07) is 12.6. The zero-order valence-electron chi connectivity index (χ0n) is 18.3. The Labute approximate surface area is 217 Å². The van der Waals surface area contributed by atoms with E-state index in [2.05, 4.69) is 26.1 Å². The molecule has 0 saturated heterocycles. The first-order valence-electron chi connectivity index (χ1n) is 10.9. The number of benzene rings is 2. The monoisotopic (exact) mass is 584 g/mol. The summed E-state index contributed by atoms with van der Waals surface area (Å²) in [5.74, 6) is 0.00177. The Morgan fingerprint density at radius 3 is 2.37 bits per heavy atom. The van der Waals surface area contributed by atoms with Gasteiger partial charge in [-0.2, -0.15) is 13.2 Å². The molecule has 0 bridgehead atoms. The largest absolute Gasteiger partial charge is 0.418 e. The van der Waals surface area contributed by atoms with Crippen molar-refractivity contribution < 1.29 is 17.6 Å². The third-order valence-corrected chi connectivity index (χ3v) is 7.43. The molecule has 4 aromatic rings. The predicted octanol–water partition coefficient (Wildman–Crippen LogP) is 8.21. The van der Waals surface area contributed by atoms with Crippen LogP contribution >= 0.6 is 39.1 Å². The van der Waals surface area contributed by atoms with E-state index >= 15 is 0 Å². The van der Waals surface area contributed by atoms with Crippen LogP contribution in [0.15, 0.2) is 51.4 Å². The molecule has 1 aliphatic rings. The second-order valence-electron chi connectivity index (χ2n) is 8.37. The molecule has 0 radical (unpaired) electrons. The Kier molecular flexibility index (Phi) is 6.22. The normalized spacial score (nSPS) is 15.3. The summed E-state index contributed by atoms with van der Waals surface area (Å²) in [6.45, 7) is 1.92. The van der Waals surface area contributed by atoms with Crippen LogP contribution in [0.25, 0.3) is 28.7 Å². The quantitative estimate of drug-likeness (QED) is 0.237. The van der Waals surface area contributed by atoms with Gasteiger partial charge in [0, 0.05) is 20.7 Å². The van der Waals surface area contributed by atoms with Crippen molar-refractivity contribution in [3.05, 3.63) is 68.6 Å². The minimum Gasteiger partial charge on any atom is -0.418 e. The van der Waals surface area contributed by atoms with Gasteiger partial charge in [-0.25, -0.2) is 4.98 Å². The van der Waals surface area contributed by atoms with Crippen molar-refractivity contribution in [2.45, 2.75) is 44.2 Å². The van der Waals surface area contributed by atoms with Gasteiger partial charge in [0.25, 0.3) is 5.89 Å².